The molecule has 7 heteroatoms. The van der Waals surface area contributed by atoms with Crippen LogP contribution in [0.1, 0.15) is 18.4 Å². The monoisotopic (exact) mass is 286 g/mol. The van der Waals surface area contributed by atoms with Crippen molar-refractivity contribution in [1.82, 2.24) is 5.32 Å². The Hall–Kier alpha value is -1.66. The maximum absolute atomic E-state index is 11.4. The van der Waals surface area contributed by atoms with E-state index < -0.39 is 16.4 Å². The van der Waals surface area contributed by atoms with Gasteiger partial charge in [0.05, 0.1) is 4.92 Å². The highest BCUT2D eigenvalue weighted by Gasteiger charge is 2.42. The third kappa shape index (κ3) is 3.02. The van der Waals surface area contributed by atoms with E-state index in [0.717, 1.165) is 6.42 Å². The van der Waals surface area contributed by atoms with Crippen LogP contribution in [0, 0.1) is 10.1 Å². The van der Waals surface area contributed by atoms with Crippen molar-refractivity contribution in [2.75, 3.05) is 6.54 Å². The van der Waals surface area contributed by atoms with Crippen LogP contribution in [-0.2, 0) is 11.2 Å². The Morgan fingerprint density at radius 3 is 2.68 bits per heavy atom. The molecule has 0 saturated carbocycles. The van der Waals surface area contributed by atoms with E-state index in [9.17, 15) is 20.0 Å². The number of carboxylic acids is 1. The quantitative estimate of drug-likeness (QED) is 0.650. The predicted octanol–water partition coefficient (Wildman–Crippen LogP) is 1.77. The summed E-state index contributed by atoms with van der Waals surface area (Å²) in [5.41, 5.74) is -0.627. The minimum absolute atomic E-state index is 0. The Labute approximate surface area is 116 Å². The molecule has 1 aromatic rings. The molecule has 1 atom stereocenters. The highest BCUT2D eigenvalue weighted by atomic mass is 35.5. The number of carboxylic acid groups (broad SMARTS) is 1. The molecule has 1 aliphatic heterocycles. The van der Waals surface area contributed by atoms with Gasteiger partial charge in [0, 0.05) is 18.1 Å². The van der Waals surface area contributed by atoms with Crippen LogP contribution < -0.4 is 5.32 Å². The van der Waals surface area contributed by atoms with Gasteiger partial charge < -0.3 is 10.4 Å². The van der Waals surface area contributed by atoms with Crippen LogP contribution >= 0.6 is 12.4 Å². The second kappa shape index (κ2) is 5.99. The molecule has 1 aromatic carbocycles. The summed E-state index contributed by atoms with van der Waals surface area (Å²) in [5, 5.41) is 23.2. The van der Waals surface area contributed by atoms with Crippen molar-refractivity contribution < 1.29 is 14.8 Å². The smallest absolute Gasteiger partial charge is 0.324 e. The van der Waals surface area contributed by atoms with E-state index >= 15 is 0 Å². The molecule has 19 heavy (non-hydrogen) atoms. The molecule has 6 nitrogen and oxygen atoms in total. The lowest BCUT2D eigenvalue weighted by atomic mass is 9.89. The fourth-order valence-corrected chi connectivity index (χ4v) is 2.38. The molecule has 1 unspecified atom stereocenters. The van der Waals surface area contributed by atoms with Gasteiger partial charge >= 0.3 is 5.97 Å². The van der Waals surface area contributed by atoms with Crippen LogP contribution in [0.3, 0.4) is 0 Å². The first-order valence-corrected chi connectivity index (χ1v) is 5.76. The van der Waals surface area contributed by atoms with E-state index in [0.29, 0.717) is 18.5 Å². The third-order valence-electron chi connectivity index (χ3n) is 3.33. The summed E-state index contributed by atoms with van der Waals surface area (Å²) in [6, 6.07) is 6.28. The largest absolute Gasteiger partial charge is 0.480 e. The van der Waals surface area contributed by atoms with Crippen LogP contribution in [0.5, 0.6) is 0 Å². The SMILES string of the molecule is Cl.O=C(O)C1(Cc2ccccc2[N+](=O)[O-])CCCN1. The fourth-order valence-electron chi connectivity index (χ4n) is 2.38. The number of nitrogens with zero attached hydrogens (tertiary/aromatic N) is 1. The van der Waals surface area contributed by atoms with Gasteiger partial charge in [-0.1, -0.05) is 18.2 Å². The third-order valence-corrected chi connectivity index (χ3v) is 3.33. The fraction of sp³-hybridized carbons (Fsp3) is 0.417. The van der Waals surface area contributed by atoms with Crippen LogP contribution in [0.2, 0.25) is 0 Å². The van der Waals surface area contributed by atoms with E-state index in [2.05, 4.69) is 5.32 Å². The summed E-state index contributed by atoms with van der Waals surface area (Å²) >= 11 is 0. The van der Waals surface area contributed by atoms with E-state index in [1.165, 1.54) is 6.07 Å². The van der Waals surface area contributed by atoms with Gasteiger partial charge in [0.1, 0.15) is 5.54 Å². The molecule has 0 aliphatic carbocycles. The summed E-state index contributed by atoms with van der Waals surface area (Å²) in [7, 11) is 0. The molecule has 0 amide bonds. The molecule has 1 saturated heterocycles. The number of carbonyl (C=O) groups is 1. The Morgan fingerprint density at radius 1 is 1.47 bits per heavy atom. The van der Waals surface area contributed by atoms with E-state index in [1.54, 1.807) is 18.2 Å². The maximum atomic E-state index is 11.4. The van der Waals surface area contributed by atoms with Crippen LogP contribution in [0.25, 0.3) is 0 Å². The zero-order valence-corrected chi connectivity index (χ0v) is 11.0. The molecule has 1 aliphatic rings. The zero-order valence-electron chi connectivity index (χ0n) is 10.2. The topological polar surface area (TPSA) is 92.5 Å². The van der Waals surface area contributed by atoms with Crippen molar-refractivity contribution in [3.8, 4) is 0 Å². The number of rotatable bonds is 4. The van der Waals surface area contributed by atoms with Crippen molar-refractivity contribution in [2.45, 2.75) is 24.8 Å². The molecule has 0 radical (unpaired) electrons. The van der Waals surface area contributed by atoms with Gasteiger partial charge in [0.2, 0.25) is 0 Å². The standard InChI is InChI=1S/C12H14N2O4.ClH/c15-11(16)12(6-3-7-13-12)8-9-4-1-2-5-10(9)14(17)18;/h1-2,4-5,13H,3,6-8H2,(H,15,16);1H. The van der Waals surface area contributed by atoms with E-state index in [1.807, 2.05) is 0 Å². The molecule has 2 rings (SSSR count). The second-order valence-corrected chi connectivity index (χ2v) is 4.48. The van der Waals surface area contributed by atoms with E-state index in [-0.39, 0.29) is 24.5 Å². The molecule has 0 bridgehead atoms. The lowest BCUT2D eigenvalue weighted by Crippen LogP contribution is -2.49. The Kier molecular flexibility index (Phi) is 4.85. The summed E-state index contributed by atoms with van der Waals surface area (Å²) in [6.07, 6.45) is 1.40. The van der Waals surface area contributed by atoms with E-state index in [4.69, 9.17) is 0 Å². The predicted molar refractivity (Wildman–Crippen MR) is 71.7 cm³/mol. The molecule has 0 spiro atoms. The number of para-hydroxylation sites is 1. The summed E-state index contributed by atoms with van der Waals surface area (Å²) in [4.78, 5) is 21.8. The average molecular weight is 287 g/mol. The number of benzene rings is 1. The maximum Gasteiger partial charge on any atom is 0.324 e. The summed E-state index contributed by atoms with van der Waals surface area (Å²) in [5.74, 6) is -0.946. The highest BCUT2D eigenvalue weighted by Crippen LogP contribution is 2.28. The second-order valence-electron chi connectivity index (χ2n) is 4.48. The van der Waals surface area contributed by atoms with Gasteiger partial charge in [-0.25, -0.2) is 0 Å². The average Bonchev–Trinajstić information content (AvgIpc) is 2.79. The lowest BCUT2D eigenvalue weighted by molar-refractivity contribution is -0.385. The van der Waals surface area contributed by atoms with Crippen molar-refractivity contribution >= 4 is 24.1 Å². The zero-order chi connectivity index (χ0) is 13.2. The number of nitrogens with one attached hydrogen (secondary N) is 1. The summed E-state index contributed by atoms with van der Waals surface area (Å²) < 4.78 is 0. The molecular formula is C12H15ClN2O4. The van der Waals surface area contributed by atoms with Gasteiger partial charge in [0.25, 0.3) is 5.69 Å². The van der Waals surface area contributed by atoms with Crippen molar-refractivity contribution in [3.63, 3.8) is 0 Å². The Morgan fingerprint density at radius 2 is 2.16 bits per heavy atom. The number of nitro groups is 1. The van der Waals surface area contributed by atoms with Gasteiger partial charge in [-0.3, -0.25) is 14.9 Å². The highest BCUT2D eigenvalue weighted by molar-refractivity contribution is 5.85. The van der Waals surface area contributed by atoms with Crippen molar-refractivity contribution in [3.05, 3.63) is 39.9 Å². The number of nitro benzene ring substituents is 1. The van der Waals surface area contributed by atoms with Gasteiger partial charge in [-0.2, -0.15) is 0 Å². The van der Waals surface area contributed by atoms with Crippen molar-refractivity contribution in [2.24, 2.45) is 0 Å². The Balaban J connectivity index is 0.00000180. The molecular weight excluding hydrogens is 272 g/mol. The number of hydrogen-bond donors (Lipinski definition) is 2. The number of aliphatic carboxylic acids is 1. The molecule has 104 valence electrons. The van der Waals surface area contributed by atoms with Crippen LogP contribution in [0.4, 0.5) is 5.69 Å². The first-order valence-electron chi connectivity index (χ1n) is 5.76. The number of hydrogen-bond acceptors (Lipinski definition) is 4. The Bertz CT molecular complexity index is 486. The molecule has 0 aromatic heterocycles. The number of halogens is 1. The van der Waals surface area contributed by atoms with Crippen LogP contribution in [0.15, 0.2) is 24.3 Å². The lowest BCUT2D eigenvalue weighted by Gasteiger charge is -2.24. The summed E-state index contributed by atoms with van der Waals surface area (Å²) in [6.45, 7) is 0.632. The molecule has 1 heterocycles. The van der Waals surface area contributed by atoms with Crippen LogP contribution in [-0.4, -0.2) is 28.1 Å². The van der Waals surface area contributed by atoms with Gasteiger partial charge in [-0.05, 0) is 19.4 Å². The normalized spacial score (nSPS) is 21.7. The first kappa shape index (κ1) is 15.4. The minimum Gasteiger partial charge on any atom is -0.480 e. The first-order chi connectivity index (χ1) is 8.55. The molecule has 2 N–H and O–H groups in total. The molecule has 1 fully saturated rings. The minimum atomic E-state index is -1.06. The van der Waals surface area contributed by atoms with Gasteiger partial charge in [0.15, 0.2) is 0 Å². The van der Waals surface area contributed by atoms with Gasteiger partial charge in [-0.15, -0.1) is 12.4 Å². The van der Waals surface area contributed by atoms with Crippen molar-refractivity contribution in [1.29, 1.82) is 0 Å².